The Morgan fingerprint density at radius 3 is 2.10 bits per heavy atom. The second-order valence-electron chi connectivity index (χ2n) is 7.58. The first-order chi connectivity index (χ1) is 14.6. The zero-order chi connectivity index (χ0) is 20.7. The van der Waals surface area contributed by atoms with Crippen LogP contribution in [0.15, 0.2) is 53.9 Å². The average molecular weight is 420 g/mol. The summed E-state index contributed by atoms with van der Waals surface area (Å²) < 4.78 is 0. The number of hydrogen-bond acceptors (Lipinski definition) is 5. The summed E-state index contributed by atoms with van der Waals surface area (Å²) in [5.74, 6) is -0.373. The Morgan fingerprint density at radius 1 is 0.833 bits per heavy atom. The maximum Gasteiger partial charge on any atom is 0.264 e. The molecule has 1 fully saturated rings. The number of carbonyl (C=O) groups is 3. The third kappa shape index (κ3) is 3.20. The van der Waals surface area contributed by atoms with E-state index in [4.69, 9.17) is 0 Å². The lowest BCUT2D eigenvalue weighted by Crippen LogP contribution is -2.51. The van der Waals surface area contributed by atoms with Crippen LogP contribution in [0.1, 0.15) is 30.4 Å². The van der Waals surface area contributed by atoms with Gasteiger partial charge in [0.05, 0.1) is 4.88 Å². The summed E-state index contributed by atoms with van der Waals surface area (Å²) in [7, 11) is 0. The van der Waals surface area contributed by atoms with E-state index in [2.05, 4.69) is 4.90 Å². The Morgan fingerprint density at radius 2 is 1.50 bits per heavy atom. The monoisotopic (exact) mass is 419 g/mol. The SMILES string of the molecule is O=C(c1cccs1)N1CCN(CCN2C(=O)c3cccc4cccc(c34)C2=O)CC1. The highest BCUT2D eigenvalue weighted by atomic mass is 32.1. The van der Waals surface area contributed by atoms with Crippen LogP contribution in [0.4, 0.5) is 0 Å². The fourth-order valence-electron chi connectivity index (χ4n) is 4.26. The molecule has 3 heterocycles. The minimum atomic E-state index is -0.226. The van der Waals surface area contributed by atoms with Crippen molar-refractivity contribution in [2.24, 2.45) is 0 Å². The lowest BCUT2D eigenvalue weighted by Gasteiger charge is -2.36. The number of carbonyl (C=O) groups excluding carboxylic acids is 3. The number of hydrogen-bond donors (Lipinski definition) is 0. The number of rotatable bonds is 4. The second-order valence-corrected chi connectivity index (χ2v) is 8.53. The second kappa shape index (κ2) is 7.66. The smallest absolute Gasteiger partial charge is 0.264 e. The van der Waals surface area contributed by atoms with Crippen molar-refractivity contribution in [1.82, 2.24) is 14.7 Å². The van der Waals surface area contributed by atoms with Gasteiger partial charge in [0.25, 0.3) is 17.7 Å². The minimum Gasteiger partial charge on any atom is -0.335 e. The summed E-state index contributed by atoms with van der Waals surface area (Å²) >= 11 is 1.46. The van der Waals surface area contributed by atoms with Gasteiger partial charge >= 0.3 is 0 Å². The number of benzene rings is 2. The highest BCUT2D eigenvalue weighted by molar-refractivity contribution is 7.12. The molecule has 0 N–H and O–H groups in total. The molecule has 0 bridgehead atoms. The molecule has 7 heteroatoms. The Kier molecular flexibility index (Phi) is 4.84. The molecule has 1 saturated heterocycles. The maximum absolute atomic E-state index is 13.0. The molecule has 0 atom stereocenters. The number of nitrogens with zero attached hydrogens (tertiary/aromatic N) is 3. The van der Waals surface area contributed by atoms with E-state index in [1.807, 2.05) is 46.7 Å². The standard InChI is InChI=1S/C23H21N3O3S/c27-21-17-6-1-4-16-5-2-7-18(20(16)17)22(28)26(21)14-11-24-9-12-25(13-10-24)23(29)19-8-3-15-30-19/h1-8,15H,9-14H2. The van der Waals surface area contributed by atoms with Crippen molar-refractivity contribution in [1.29, 1.82) is 0 Å². The average Bonchev–Trinajstić information content (AvgIpc) is 3.32. The molecule has 0 unspecified atom stereocenters. The third-order valence-electron chi connectivity index (χ3n) is 5.89. The fraction of sp³-hybridized carbons (Fsp3) is 0.261. The molecule has 1 aromatic heterocycles. The van der Waals surface area contributed by atoms with Crippen LogP contribution >= 0.6 is 11.3 Å². The van der Waals surface area contributed by atoms with Gasteiger partial charge in [0, 0.05) is 55.8 Å². The number of imide groups is 1. The molecular weight excluding hydrogens is 398 g/mol. The molecule has 0 radical (unpaired) electrons. The largest absolute Gasteiger partial charge is 0.335 e. The fourth-order valence-corrected chi connectivity index (χ4v) is 4.95. The van der Waals surface area contributed by atoms with Gasteiger partial charge in [-0.05, 0) is 29.0 Å². The van der Waals surface area contributed by atoms with Crippen LogP contribution < -0.4 is 0 Å². The van der Waals surface area contributed by atoms with E-state index in [9.17, 15) is 14.4 Å². The predicted octanol–water partition coefficient (Wildman–Crippen LogP) is 2.96. The van der Waals surface area contributed by atoms with Crippen LogP contribution in [0.2, 0.25) is 0 Å². The van der Waals surface area contributed by atoms with Crippen LogP contribution in [0, 0.1) is 0 Å². The highest BCUT2D eigenvalue weighted by Crippen LogP contribution is 2.29. The summed E-state index contributed by atoms with van der Waals surface area (Å²) in [4.78, 5) is 44.7. The van der Waals surface area contributed by atoms with Crippen LogP contribution in [0.25, 0.3) is 10.8 Å². The van der Waals surface area contributed by atoms with Crippen molar-refractivity contribution in [3.8, 4) is 0 Å². The van der Waals surface area contributed by atoms with Crippen molar-refractivity contribution >= 4 is 39.8 Å². The molecule has 0 saturated carbocycles. The van der Waals surface area contributed by atoms with Gasteiger partial charge in [-0.2, -0.15) is 0 Å². The summed E-state index contributed by atoms with van der Waals surface area (Å²) in [5.41, 5.74) is 1.18. The first-order valence-electron chi connectivity index (χ1n) is 10.1. The van der Waals surface area contributed by atoms with Gasteiger partial charge in [-0.25, -0.2) is 0 Å². The van der Waals surface area contributed by atoms with Crippen molar-refractivity contribution in [2.45, 2.75) is 0 Å². The molecule has 0 spiro atoms. The summed E-state index contributed by atoms with van der Waals surface area (Å²) in [6, 6.07) is 14.9. The Hall–Kier alpha value is -3.03. The van der Waals surface area contributed by atoms with Gasteiger partial charge in [0.15, 0.2) is 0 Å². The Balaban J connectivity index is 1.24. The predicted molar refractivity (Wildman–Crippen MR) is 116 cm³/mol. The zero-order valence-electron chi connectivity index (χ0n) is 16.4. The topological polar surface area (TPSA) is 60.9 Å². The quantitative estimate of drug-likeness (QED) is 0.610. The Labute approximate surface area is 178 Å². The van der Waals surface area contributed by atoms with Crippen molar-refractivity contribution < 1.29 is 14.4 Å². The van der Waals surface area contributed by atoms with Gasteiger partial charge in [-0.1, -0.05) is 30.3 Å². The normalized spacial score (nSPS) is 17.1. The van der Waals surface area contributed by atoms with Gasteiger partial charge in [0.1, 0.15) is 0 Å². The van der Waals surface area contributed by atoms with E-state index in [0.717, 1.165) is 28.7 Å². The minimum absolute atomic E-state index is 0.0794. The van der Waals surface area contributed by atoms with Crippen molar-refractivity contribution in [3.63, 3.8) is 0 Å². The molecule has 0 aliphatic carbocycles. The molecule has 2 aromatic carbocycles. The zero-order valence-corrected chi connectivity index (χ0v) is 17.2. The van der Waals surface area contributed by atoms with E-state index in [-0.39, 0.29) is 17.7 Å². The summed E-state index contributed by atoms with van der Waals surface area (Å²) in [6.45, 7) is 3.73. The molecular formula is C23H21N3O3S. The van der Waals surface area contributed by atoms with E-state index < -0.39 is 0 Å². The Bertz CT molecular complexity index is 1080. The molecule has 152 valence electrons. The molecule has 30 heavy (non-hydrogen) atoms. The van der Waals surface area contributed by atoms with Gasteiger partial charge in [-0.15, -0.1) is 11.3 Å². The first kappa shape index (κ1) is 19.0. The van der Waals surface area contributed by atoms with Crippen LogP contribution in [0.3, 0.4) is 0 Å². The maximum atomic E-state index is 13.0. The third-order valence-corrected chi connectivity index (χ3v) is 6.74. The van der Waals surface area contributed by atoms with E-state index in [1.165, 1.54) is 16.2 Å². The van der Waals surface area contributed by atoms with E-state index >= 15 is 0 Å². The van der Waals surface area contributed by atoms with Crippen LogP contribution in [-0.4, -0.2) is 71.7 Å². The van der Waals surface area contributed by atoms with Crippen LogP contribution in [0.5, 0.6) is 0 Å². The van der Waals surface area contributed by atoms with Gasteiger partial charge in [0.2, 0.25) is 0 Å². The molecule has 2 aliphatic rings. The highest BCUT2D eigenvalue weighted by Gasteiger charge is 2.33. The van der Waals surface area contributed by atoms with E-state index in [1.54, 1.807) is 12.1 Å². The van der Waals surface area contributed by atoms with Crippen molar-refractivity contribution in [2.75, 3.05) is 39.3 Å². The summed E-state index contributed by atoms with van der Waals surface area (Å²) in [5, 5.41) is 3.58. The van der Waals surface area contributed by atoms with Crippen molar-refractivity contribution in [3.05, 3.63) is 69.9 Å². The number of amides is 3. The lowest BCUT2D eigenvalue weighted by atomic mass is 9.94. The molecule has 3 aromatic rings. The molecule has 2 aliphatic heterocycles. The van der Waals surface area contributed by atoms with Crippen LogP contribution in [-0.2, 0) is 0 Å². The van der Waals surface area contributed by atoms with E-state index in [0.29, 0.717) is 37.3 Å². The first-order valence-corrected chi connectivity index (χ1v) is 10.9. The lowest BCUT2D eigenvalue weighted by molar-refractivity contribution is 0.0552. The molecule has 5 rings (SSSR count). The molecule has 6 nitrogen and oxygen atoms in total. The number of piperazine rings is 1. The van der Waals surface area contributed by atoms with Gasteiger partial charge in [-0.3, -0.25) is 24.2 Å². The molecule has 3 amide bonds. The number of thiophene rings is 1. The van der Waals surface area contributed by atoms with Gasteiger partial charge < -0.3 is 4.90 Å². The summed E-state index contributed by atoms with van der Waals surface area (Å²) in [6.07, 6.45) is 0.